The maximum Gasteiger partial charge on any atom is 0.330 e. The number of aryl methyl sites for hydroxylation is 2. The number of hydrogen-bond acceptors (Lipinski definition) is 3. The molecule has 1 aliphatic rings. The van der Waals surface area contributed by atoms with Gasteiger partial charge in [-0.05, 0) is 30.5 Å². The van der Waals surface area contributed by atoms with Crippen LogP contribution in [0.1, 0.15) is 24.8 Å². The van der Waals surface area contributed by atoms with E-state index in [-0.39, 0.29) is 5.69 Å². The maximum absolute atomic E-state index is 12.5. The Morgan fingerprint density at radius 1 is 1.25 bits per heavy atom. The highest BCUT2D eigenvalue weighted by atomic mass is 16.1. The lowest BCUT2D eigenvalue weighted by atomic mass is 10.1. The first-order valence-corrected chi connectivity index (χ1v) is 8.25. The summed E-state index contributed by atoms with van der Waals surface area (Å²) < 4.78 is 3.42. The molecule has 0 spiro atoms. The van der Waals surface area contributed by atoms with Gasteiger partial charge in [0.25, 0.3) is 0 Å². The molecule has 0 N–H and O–H groups in total. The number of fused-ring (bicyclic) bond motifs is 1. The number of imidazole rings is 1. The molecule has 2 heterocycles. The second-order valence-corrected chi connectivity index (χ2v) is 6.42. The summed E-state index contributed by atoms with van der Waals surface area (Å²) in [6.07, 6.45) is 3.62. The van der Waals surface area contributed by atoms with Crippen molar-refractivity contribution in [1.82, 2.24) is 14.1 Å². The Morgan fingerprint density at radius 2 is 2.04 bits per heavy atom. The fourth-order valence-corrected chi connectivity index (χ4v) is 3.16. The molecule has 1 aromatic carbocycles. The highest BCUT2D eigenvalue weighted by molar-refractivity contribution is 5.77. The van der Waals surface area contributed by atoms with E-state index in [9.17, 15) is 10.1 Å². The van der Waals surface area contributed by atoms with E-state index in [1.54, 1.807) is 17.7 Å². The number of rotatable bonds is 4. The number of nitrogens with zero attached hydrogens (tertiary/aromatic N) is 4. The second-order valence-electron chi connectivity index (χ2n) is 6.42. The maximum atomic E-state index is 12.5. The van der Waals surface area contributed by atoms with Gasteiger partial charge in [0.1, 0.15) is 0 Å². The summed E-state index contributed by atoms with van der Waals surface area (Å²) in [6.45, 7) is 0.747. The Hall–Kier alpha value is -2.87. The SMILES string of the molecule is Cn1c(=O)n(CCC2CC2)c2ccc(-c3ccccc3C#N)nc21. The highest BCUT2D eigenvalue weighted by Crippen LogP contribution is 2.33. The lowest BCUT2D eigenvalue weighted by molar-refractivity contribution is 0.584. The van der Waals surface area contributed by atoms with E-state index in [0.29, 0.717) is 11.2 Å². The summed E-state index contributed by atoms with van der Waals surface area (Å²) in [4.78, 5) is 17.2. The van der Waals surface area contributed by atoms with Gasteiger partial charge in [0.15, 0.2) is 5.65 Å². The minimum Gasteiger partial charge on any atom is -0.290 e. The molecule has 24 heavy (non-hydrogen) atoms. The van der Waals surface area contributed by atoms with Crippen LogP contribution in [0.15, 0.2) is 41.2 Å². The first kappa shape index (κ1) is 14.7. The van der Waals surface area contributed by atoms with Crippen molar-refractivity contribution >= 4 is 11.2 Å². The molecule has 0 atom stereocenters. The lowest BCUT2D eigenvalue weighted by Gasteiger charge is -2.05. The van der Waals surface area contributed by atoms with Crippen LogP contribution < -0.4 is 5.69 Å². The van der Waals surface area contributed by atoms with E-state index >= 15 is 0 Å². The summed E-state index contributed by atoms with van der Waals surface area (Å²) in [7, 11) is 1.76. The van der Waals surface area contributed by atoms with E-state index in [0.717, 1.165) is 35.7 Å². The summed E-state index contributed by atoms with van der Waals surface area (Å²) in [5, 5.41) is 9.29. The van der Waals surface area contributed by atoms with Gasteiger partial charge < -0.3 is 0 Å². The first-order valence-electron chi connectivity index (χ1n) is 8.25. The van der Waals surface area contributed by atoms with E-state index in [2.05, 4.69) is 11.1 Å². The predicted octanol–water partition coefficient (Wildman–Crippen LogP) is 3.07. The molecule has 5 heteroatoms. The van der Waals surface area contributed by atoms with Gasteiger partial charge in [-0.3, -0.25) is 9.13 Å². The molecule has 0 unspecified atom stereocenters. The zero-order chi connectivity index (χ0) is 16.7. The summed E-state index contributed by atoms with van der Waals surface area (Å²) in [5.41, 5.74) is 3.60. The predicted molar refractivity (Wildman–Crippen MR) is 92.5 cm³/mol. The zero-order valence-corrected chi connectivity index (χ0v) is 13.6. The first-order chi connectivity index (χ1) is 11.7. The normalized spacial score (nSPS) is 14.0. The van der Waals surface area contributed by atoms with E-state index in [4.69, 9.17) is 0 Å². The molecule has 1 aliphatic carbocycles. The molecule has 1 saturated carbocycles. The van der Waals surface area contributed by atoms with Crippen LogP contribution in [0.5, 0.6) is 0 Å². The van der Waals surface area contributed by atoms with Crippen LogP contribution in [-0.4, -0.2) is 14.1 Å². The lowest BCUT2D eigenvalue weighted by Crippen LogP contribution is -2.22. The van der Waals surface area contributed by atoms with Crippen LogP contribution in [0.25, 0.3) is 22.4 Å². The smallest absolute Gasteiger partial charge is 0.290 e. The van der Waals surface area contributed by atoms with E-state index in [1.165, 1.54) is 12.8 Å². The van der Waals surface area contributed by atoms with Crippen molar-refractivity contribution in [2.24, 2.45) is 13.0 Å². The van der Waals surface area contributed by atoms with Crippen LogP contribution in [0.2, 0.25) is 0 Å². The number of benzene rings is 1. The van der Waals surface area contributed by atoms with E-state index < -0.39 is 0 Å². The number of nitriles is 1. The number of hydrogen-bond donors (Lipinski definition) is 0. The Bertz CT molecular complexity index is 1020. The van der Waals surface area contributed by atoms with Gasteiger partial charge in [0.05, 0.1) is 22.8 Å². The molecule has 120 valence electrons. The van der Waals surface area contributed by atoms with Gasteiger partial charge in [-0.25, -0.2) is 9.78 Å². The van der Waals surface area contributed by atoms with Crippen LogP contribution in [0.4, 0.5) is 0 Å². The van der Waals surface area contributed by atoms with Crippen molar-refractivity contribution < 1.29 is 0 Å². The molecule has 3 aromatic rings. The van der Waals surface area contributed by atoms with E-state index in [1.807, 2.05) is 34.9 Å². The third-order valence-corrected chi connectivity index (χ3v) is 4.76. The monoisotopic (exact) mass is 318 g/mol. The van der Waals surface area contributed by atoms with Gasteiger partial charge in [-0.2, -0.15) is 5.26 Å². The van der Waals surface area contributed by atoms with Crippen LogP contribution in [-0.2, 0) is 13.6 Å². The minimum absolute atomic E-state index is 0.0242. The zero-order valence-electron chi connectivity index (χ0n) is 13.6. The van der Waals surface area contributed by atoms with Crippen LogP contribution in [0, 0.1) is 17.2 Å². The Morgan fingerprint density at radius 3 is 2.79 bits per heavy atom. The molecule has 0 saturated heterocycles. The molecular formula is C19H18N4O. The van der Waals surface area contributed by atoms with Crippen molar-refractivity contribution in [3.8, 4) is 17.3 Å². The molecule has 0 radical (unpaired) electrons. The Labute approximate surface area is 139 Å². The fraction of sp³-hybridized carbons (Fsp3) is 0.316. The summed E-state index contributed by atoms with van der Waals surface area (Å²) in [6, 6.07) is 13.4. The molecule has 0 amide bonds. The topological polar surface area (TPSA) is 63.6 Å². The quantitative estimate of drug-likeness (QED) is 0.742. The highest BCUT2D eigenvalue weighted by Gasteiger charge is 2.22. The molecule has 1 fully saturated rings. The number of pyridine rings is 1. The standard InChI is InChI=1S/C19H18N4O/c1-22-18-17(23(19(22)24)11-10-13-6-7-13)9-8-16(21-18)15-5-3-2-4-14(15)12-20/h2-5,8-9,13H,6-7,10-11H2,1H3. The van der Waals surface area contributed by atoms with Crippen LogP contribution >= 0.6 is 0 Å². The third kappa shape index (κ3) is 2.41. The van der Waals surface area contributed by atoms with Crippen molar-refractivity contribution in [2.75, 3.05) is 0 Å². The molecule has 2 aromatic heterocycles. The number of aromatic nitrogens is 3. The summed E-state index contributed by atoms with van der Waals surface area (Å²) >= 11 is 0. The van der Waals surface area contributed by atoms with Crippen molar-refractivity contribution in [2.45, 2.75) is 25.8 Å². The molecule has 5 nitrogen and oxygen atoms in total. The van der Waals surface area contributed by atoms with Crippen molar-refractivity contribution in [3.05, 3.63) is 52.4 Å². The second kappa shape index (κ2) is 5.64. The van der Waals surface area contributed by atoms with Gasteiger partial charge >= 0.3 is 5.69 Å². The van der Waals surface area contributed by atoms with Gasteiger partial charge in [0, 0.05) is 19.2 Å². The van der Waals surface area contributed by atoms with Gasteiger partial charge in [-0.15, -0.1) is 0 Å². The largest absolute Gasteiger partial charge is 0.330 e. The minimum atomic E-state index is -0.0242. The fourth-order valence-electron chi connectivity index (χ4n) is 3.16. The average Bonchev–Trinajstić information content (AvgIpc) is 3.42. The molecule has 0 bridgehead atoms. The molecular weight excluding hydrogens is 300 g/mol. The van der Waals surface area contributed by atoms with Crippen molar-refractivity contribution in [3.63, 3.8) is 0 Å². The summed E-state index contributed by atoms with van der Waals surface area (Å²) in [5.74, 6) is 0.780. The van der Waals surface area contributed by atoms with Crippen LogP contribution in [0.3, 0.4) is 0 Å². The third-order valence-electron chi connectivity index (χ3n) is 4.76. The van der Waals surface area contributed by atoms with Crippen molar-refractivity contribution in [1.29, 1.82) is 5.26 Å². The van der Waals surface area contributed by atoms with Gasteiger partial charge in [-0.1, -0.05) is 31.0 Å². The molecule has 0 aliphatic heterocycles. The average molecular weight is 318 g/mol. The Balaban J connectivity index is 1.82. The Kier molecular flexibility index (Phi) is 3.46. The molecule has 4 rings (SSSR count). The van der Waals surface area contributed by atoms with Gasteiger partial charge in [0.2, 0.25) is 0 Å².